The molecule has 1 heterocycles. The number of hydrogen-bond acceptors (Lipinski definition) is 5. The van der Waals surface area contributed by atoms with Gasteiger partial charge in [0, 0.05) is 14.7 Å². The number of aromatic nitrogens is 1. The van der Waals surface area contributed by atoms with Crippen LogP contribution in [0.4, 0.5) is 5.69 Å². The summed E-state index contributed by atoms with van der Waals surface area (Å²) >= 11 is 9.35. The number of nitrogens with zero attached hydrogens (tertiary/aromatic N) is 1. The van der Waals surface area contributed by atoms with Gasteiger partial charge in [-0.15, -0.1) is 11.3 Å². The number of hydrogen-bond donors (Lipinski definition) is 2. The highest BCUT2D eigenvalue weighted by Gasteiger charge is 2.14. The quantitative estimate of drug-likeness (QED) is 0.154. The second-order valence-corrected chi connectivity index (χ2v) is 10.6. The van der Waals surface area contributed by atoms with Crippen LogP contribution in [0.3, 0.4) is 0 Å². The summed E-state index contributed by atoms with van der Waals surface area (Å²) in [5.74, 6) is 0.393. The molecule has 4 aromatic carbocycles. The summed E-state index contributed by atoms with van der Waals surface area (Å²) in [7, 11) is 0. The van der Waals surface area contributed by atoms with Gasteiger partial charge in [0.2, 0.25) is 0 Å². The van der Waals surface area contributed by atoms with E-state index in [0.29, 0.717) is 17.9 Å². The Balaban J connectivity index is 1.24. The molecule has 0 radical (unpaired) electrons. The zero-order valence-corrected chi connectivity index (χ0v) is 22.7. The minimum atomic E-state index is -0.297. The molecule has 0 saturated carbocycles. The summed E-state index contributed by atoms with van der Waals surface area (Å²) in [5.41, 5.74) is 4.23. The summed E-state index contributed by atoms with van der Waals surface area (Å²) < 4.78 is 7.99. The fourth-order valence-corrected chi connectivity index (χ4v) is 5.25. The second kappa shape index (κ2) is 11.2. The van der Waals surface area contributed by atoms with E-state index in [-0.39, 0.29) is 11.0 Å². The molecule has 0 fully saturated rings. The normalized spacial score (nSPS) is 10.7. The average molecular weight is 622 g/mol. The highest BCUT2D eigenvalue weighted by Crippen LogP contribution is 2.35. The average Bonchev–Trinajstić information content (AvgIpc) is 3.33. The molecule has 0 unspecified atom stereocenters. The van der Waals surface area contributed by atoms with Crippen molar-refractivity contribution in [1.29, 1.82) is 0 Å². The molecular weight excluding hydrogens is 601 g/mol. The number of carbonyl (C=O) groups excluding carboxylic acids is 1. The van der Waals surface area contributed by atoms with Gasteiger partial charge < -0.3 is 10.1 Å². The Morgan fingerprint density at radius 2 is 1.69 bits per heavy atom. The largest absolute Gasteiger partial charge is 0.489 e. The van der Waals surface area contributed by atoms with Gasteiger partial charge in [0.1, 0.15) is 17.4 Å². The first kappa shape index (κ1) is 24.4. The van der Waals surface area contributed by atoms with E-state index in [1.54, 1.807) is 35.6 Å². The molecule has 36 heavy (non-hydrogen) atoms. The molecule has 8 heteroatoms. The fourth-order valence-electron chi connectivity index (χ4n) is 3.56. The van der Waals surface area contributed by atoms with Crippen molar-refractivity contribution in [2.45, 2.75) is 6.61 Å². The maximum Gasteiger partial charge on any atom is 0.257 e. The van der Waals surface area contributed by atoms with E-state index in [2.05, 4.69) is 45.4 Å². The van der Waals surface area contributed by atoms with Crippen molar-refractivity contribution in [1.82, 2.24) is 10.3 Å². The SMILES string of the molecule is O=C(NC(=S)Nc1ccc(I)cc1-c1nc2ccccc2s1)c1ccc(OCc2ccccc2)cc1. The van der Waals surface area contributed by atoms with Crippen molar-refractivity contribution in [3.63, 3.8) is 0 Å². The summed E-state index contributed by atoms with van der Waals surface area (Å²) in [6, 6.07) is 30.9. The summed E-state index contributed by atoms with van der Waals surface area (Å²) in [5, 5.41) is 7.04. The van der Waals surface area contributed by atoms with Crippen LogP contribution in [0, 0.1) is 3.57 Å². The van der Waals surface area contributed by atoms with Crippen molar-refractivity contribution in [2.75, 3.05) is 5.32 Å². The lowest BCUT2D eigenvalue weighted by Gasteiger charge is -2.13. The molecular formula is C28H20IN3O2S2. The van der Waals surface area contributed by atoms with E-state index in [4.69, 9.17) is 21.9 Å². The smallest absolute Gasteiger partial charge is 0.257 e. The van der Waals surface area contributed by atoms with Crippen LogP contribution in [-0.2, 0) is 6.61 Å². The molecule has 0 aliphatic heterocycles. The molecule has 178 valence electrons. The predicted molar refractivity (Wildman–Crippen MR) is 159 cm³/mol. The van der Waals surface area contributed by atoms with Gasteiger partial charge in [-0.2, -0.15) is 0 Å². The van der Waals surface area contributed by atoms with Crippen molar-refractivity contribution >= 4 is 73.1 Å². The van der Waals surface area contributed by atoms with Gasteiger partial charge in [-0.25, -0.2) is 4.98 Å². The number of rotatable bonds is 6. The van der Waals surface area contributed by atoms with E-state index >= 15 is 0 Å². The van der Waals surface area contributed by atoms with E-state index < -0.39 is 0 Å². The van der Waals surface area contributed by atoms with Gasteiger partial charge >= 0.3 is 0 Å². The molecule has 5 nitrogen and oxygen atoms in total. The minimum absolute atomic E-state index is 0.216. The van der Waals surface area contributed by atoms with E-state index in [1.165, 1.54) is 0 Å². The number of carbonyl (C=O) groups is 1. The van der Waals surface area contributed by atoms with Crippen LogP contribution in [0.1, 0.15) is 15.9 Å². The first-order valence-electron chi connectivity index (χ1n) is 11.1. The summed E-state index contributed by atoms with van der Waals surface area (Å²) in [4.78, 5) is 17.5. The van der Waals surface area contributed by atoms with Gasteiger partial charge in [-0.05, 0) is 95.0 Å². The van der Waals surface area contributed by atoms with Crippen LogP contribution in [0.5, 0.6) is 5.75 Å². The third kappa shape index (κ3) is 5.89. The zero-order chi connectivity index (χ0) is 24.9. The van der Waals surface area contributed by atoms with Crippen LogP contribution in [0.25, 0.3) is 20.8 Å². The molecule has 1 aromatic heterocycles. The molecule has 5 rings (SSSR count). The summed E-state index contributed by atoms with van der Waals surface area (Å²) in [6.45, 7) is 0.466. The molecule has 0 bridgehead atoms. The molecule has 0 atom stereocenters. The standard InChI is InChI=1S/C28H20IN3O2S2/c29-20-12-15-23(22(16-20)27-30-24-8-4-5-9-25(24)36-27)31-28(35)32-26(33)19-10-13-21(14-11-19)34-17-18-6-2-1-3-7-18/h1-16H,17H2,(H2,31,32,33,35). The number of thiocarbonyl (C=S) groups is 1. The molecule has 0 aliphatic carbocycles. The van der Waals surface area contributed by atoms with Crippen LogP contribution in [-0.4, -0.2) is 16.0 Å². The lowest BCUT2D eigenvalue weighted by Crippen LogP contribution is -2.34. The number of halogens is 1. The lowest BCUT2D eigenvalue weighted by atomic mass is 10.2. The maximum atomic E-state index is 12.8. The number of amides is 1. The van der Waals surface area contributed by atoms with Crippen molar-refractivity contribution in [3.05, 3.63) is 112 Å². The summed E-state index contributed by atoms with van der Waals surface area (Å²) in [6.07, 6.45) is 0. The van der Waals surface area contributed by atoms with Gasteiger partial charge in [0.25, 0.3) is 5.91 Å². The molecule has 0 saturated heterocycles. The van der Waals surface area contributed by atoms with Crippen LogP contribution >= 0.6 is 46.1 Å². The van der Waals surface area contributed by atoms with E-state index in [0.717, 1.165) is 35.6 Å². The van der Waals surface area contributed by atoms with E-state index in [9.17, 15) is 4.79 Å². The number of thiazole rings is 1. The monoisotopic (exact) mass is 621 g/mol. The molecule has 0 spiro atoms. The van der Waals surface area contributed by atoms with Gasteiger partial charge in [-0.3, -0.25) is 10.1 Å². The minimum Gasteiger partial charge on any atom is -0.489 e. The highest BCUT2D eigenvalue weighted by atomic mass is 127. The van der Waals surface area contributed by atoms with Crippen LogP contribution in [0.15, 0.2) is 97.1 Å². The van der Waals surface area contributed by atoms with Crippen molar-refractivity contribution in [3.8, 4) is 16.3 Å². The highest BCUT2D eigenvalue weighted by molar-refractivity contribution is 14.1. The number of anilines is 1. The van der Waals surface area contributed by atoms with Gasteiger partial charge in [0.05, 0.1) is 15.9 Å². The fraction of sp³-hybridized carbons (Fsp3) is 0.0357. The number of benzene rings is 4. The van der Waals surface area contributed by atoms with Crippen molar-refractivity contribution < 1.29 is 9.53 Å². The predicted octanol–water partition coefficient (Wildman–Crippen LogP) is 7.27. The first-order chi connectivity index (χ1) is 17.5. The topological polar surface area (TPSA) is 63.2 Å². The maximum absolute atomic E-state index is 12.8. The Morgan fingerprint density at radius 3 is 2.47 bits per heavy atom. The third-order valence-corrected chi connectivity index (χ3v) is 7.29. The Bertz CT molecular complexity index is 1500. The van der Waals surface area contributed by atoms with Crippen LogP contribution in [0.2, 0.25) is 0 Å². The number of nitrogens with one attached hydrogen (secondary N) is 2. The Hall–Kier alpha value is -3.34. The first-order valence-corrected chi connectivity index (χ1v) is 13.4. The van der Waals surface area contributed by atoms with E-state index in [1.807, 2.05) is 60.7 Å². The Kier molecular flexibility index (Phi) is 7.55. The number of ether oxygens (including phenoxy) is 1. The van der Waals surface area contributed by atoms with Gasteiger partial charge in [-0.1, -0.05) is 42.5 Å². The zero-order valence-electron chi connectivity index (χ0n) is 18.9. The van der Waals surface area contributed by atoms with Gasteiger partial charge in [0.15, 0.2) is 5.11 Å². The molecule has 5 aromatic rings. The number of para-hydroxylation sites is 1. The molecule has 0 aliphatic rings. The second-order valence-electron chi connectivity index (χ2n) is 7.88. The number of fused-ring (bicyclic) bond motifs is 1. The Labute approximate surface area is 231 Å². The molecule has 1 amide bonds. The van der Waals surface area contributed by atoms with Crippen LogP contribution < -0.4 is 15.4 Å². The Morgan fingerprint density at radius 1 is 0.944 bits per heavy atom. The van der Waals surface area contributed by atoms with Crippen molar-refractivity contribution in [2.24, 2.45) is 0 Å². The third-order valence-electron chi connectivity index (χ3n) is 5.35. The lowest BCUT2D eigenvalue weighted by molar-refractivity contribution is 0.0977. The molecule has 2 N–H and O–H groups in total.